The summed E-state index contributed by atoms with van der Waals surface area (Å²) in [4.78, 5) is 4.33. The quantitative estimate of drug-likeness (QED) is 0.364. The molecule has 0 bridgehead atoms. The largest absolute Gasteiger partial charge is 0.489 e. The Morgan fingerprint density at radius 1 is 1.05 bits per heavy atom. The van der Waals surface area contributed by atoms with E-state index in [9.17, 15) is 18.3 Å². The van der Waals surface area contributed by atoms with Crippen molar-refractivity contribution in [2.75, 3.05) is 0 Å². The van der Waals surface area contributed by atoms with Gasteiger partial charge in [-0.25, -0.2) is 0 Å². The van der Waals surface area contributed by atoms with E-state index in [1.165, 1.54) is 16.7 Å². The summed E-state index contributed by atoms with van der Waals surface area (Å²) < 4.78 is 45.1. The van der Waals surface area contributed by atoms with Crippen LogP contribution in [0.15, 0.2) is 66.9 Å². The second-order valence-electron chi connectivity index (χ2n) is 11.0. The van der Waals surface area contributed by atoms with E-state index < -0.39 is 18.2 Å². The number of rotatable bonds is 7. The lowest BCUT2D eigenvalue weighted by atomic mass is 9.52. The second-order valence-corrected chi connectivity index (χ2v) is 11.0. The first-order chi connectivity index (χ1) is 17.7. The number of hydrogen-bond donors (Lipinski definition) is 1. The molecule has 1 fully saturated rings. The van der Waals surface area contributed by atoms with E-state index in [0.29, 0.717) is 25.9 Å². The SMILES string of the molecule is Cc1ncccc1COc1ccc2c(c1)CCC1CC(O)(CCC(F)(F)F)CCC21Cc1ccccc1. The Hall–Kier alpha value is -2.86. The van der Waals surface area contributed by atoms with Crippen LogP contribution in [-0.2, 0) is 24.9 Å². The fraction of sp³-hybridized carbons (Fsp3) is 0.452. The molecule has 0 aliphatic heterocycles. The molecule has 3 atom stereocenters. The van der Waals surface area contributed by atoms with Gasteiger partial charge in [-0.1, -0.05) is 42.5 Å². The van der Waals surface area contributed by atoms with E-state index in [0.717, 1.165) is 36.3 Å². The Labute approximate surface area is 216 Å². The second kappa shape index (κ2) is 10.1. The van der Waals surface area contributed by atoms with Crippen LogP contribution in [0.1, 0.15) is 66.5 Å². The van der Waals surface area contributed by atoms with Crippen LogP contribution in [0.4, 0.5) is 13.2 Å². The number of ether oxygens (including phenoxy) is 1. The molecule has 1 saturated carbocycles. The summed E-state index contributed by atoms with van der Waals surface area (Å²) in [6, 6.07) is 20.5. The molecule has 196 valence electrons. The molecule has 3 unspecified atom stereocenters. The molecule has 2 aromatic carbocycles. The number of alkyl halides is 3. The topological polar surface area (TPSA) is 42.4 Å². The van der Waals surface area contributed by atoms with E-state index >= 15 is 0 Å². The number of hydrogen-bond acceptors (Lipinski definition) is 3. The maximum absolute atomic E-state index is 13.0. The van der Waals surface area contributed by atoms with Gasteiger partial charge in [-0.15, -0.1) is 0 Å². The Balaban J connectivity index is 1.42. The standard InChI is InChI=1S/C31H34F3NO2/c1-22-25(8-5-17-35-22)21-37-27-11-12-28-24(18-27)9-10-26-20-29(36,14-16-31(32,33)34)13-15-30(26,28)19-23-6-3-2-4-7-23/h2-8,11-12,17-18,26,36H,9-10,13-16,19-21H2,1H3. The van der Waals surface area contributed by atoms with Gasteiger partial charge in [0.2, 0.25) is 0 Å². The third-order valence-electron chi connectivity index (χ3n) is 8.57. The lowest BCUT2D eigenvalue weighted by Crippen LogP contribution is -2.51. The van der Waals surface area contributed by atoms with Gasteiger partial charge in [-0.3, -0.25) is 4.98 Å². The summed E-state index contributed by atoms with van der Waals surface area (Å²) in [5.74, 6) is 0.935. The van der Waals surface area contributed by atoms with Gasteiger partial charge in [0.1, 0.15) is 12.4 Å². The van der Waals surface area contributed by atoms with Gasteiger partial charge in [0, 0.05) is 29.3 Å². The van der Waals surface area contributed by atoms with Crippen LogP contribution in [0.2, 0.25) is 0 Å². The van der Waals surface area contributed by atoms with Crippen LogP contribution >= 0.6 is 0 Å². The highest BCUT2D eigenvalue weighted by molar-refractivity contribution is 5.45. The normalized spacial score (nSPS) is 25.3. The maximum Gasteiger partial charge on any atom is 0.389 e. The lowest BCUT2D eigenvalue weighted by Gasteiger charge is -2.53. The smallest absolute Gasteiger partial charge is 0.389 e. The summed E-state index contributed by atoms with van der Waals surface area (Å²) in [6.07, 6.45) is 0.315. The van der Waals surface area contributed by atoms with Crippen LogP contribution in [0.25, 0.3) is 0 Å². The number of fused-ring (bicyclic) bond motifs is 3. The highest BCUT2D eigenvalue weighted by atomic mass is 19.4. The van der Waals surface area contributed by atoms with Crippen molar-refractivity contribution in [3.63, 3.8) is 0 Å². The fourth-order valence-corrected chi connectivity index (χ4v) is 6.55. The first-order valence-corrected chi connectivity index (χ1v) is 13.2. The van der Waals surface area contributed by atoms with Crippen molar-refractivity contribution in [1.82, 2.24) is 4.98 Å². The molecule has 2 aliphatic carbocycles. The van der Waals surface area contributed by atoms with Crippen LogP contribution in [-0.4, -0.2) is 21.9 Å². The number of pyridine rings is 1. The minimum atomic E-state index is -4.25. The van der Waals surface area contributed by atoms with E-state index in [1.54, 1.807) is 6.20 Å². The zero-order valence-corrected chi connectivity index (χ0v) is 21.2. The molecule has 3 nitrogen and oxygen atoms in total. The molecular formula is C31H34F3NO2. The summed E-state index contributed by atoms with van der Waals surface area (Å²) in [5, 5.41) is 11.2. The Morgan fingerprint density at radius 2 is 1.86 bits per heavy atom. The average Bonchev–Trinajstić information content (AvgIpc) is 2.88. The molecule has 1 N–H and O–H groups in total. The Bertz CT molecular complexity index is 1230. The summed E-state index contributed by atoms with van der Waals surface area (Å²) in [6.45, 7) is 2.42. The first-order valence-electron chi connectivity index (χ1n) is 13.2. The zero-order chi connectivity index (χ0) is 26.1. The van der Waals surface area contributed by atoms with Crippen LogP contribution in [0, 0.1) is 12.8 Å². The molecule has 1 heterocycles. The number of benzene rings is 2. The van der Waals surface area contributed by atoms with Gasteiger partial charge in [0.05, 0.1) is 5.60 Å². The predicted molar refractivity (Wildman–Crippen MR) is 137 cm³/mol. The molecule has 0 spiro atoms. The fourth-order valence-electron chi connectivity index (χ4n) is 6.55. The molecule has 3 aromatic rings. The van der Waals surface area contributed by atoms with Gasteiger partial charge >= 0.3 is 6.18 Å². The van der Waals surface area contributed by atoms with Gasteiger partial charge in [0.25, 0.3) is 0 Å². The van der Waals surface area contributed by atoms with E-state index in [2.05, 4.69) is 29.2 Å². The van der Waals surface area contributed by atoms with E-state index in [4.69, 9.17) is 4.74 Å². The summed E-state index contributed by atoms with van der Waals surface area (Å²) in [5.41, 5.74) is 4.24. The maximum atomic E-state index is 13.0. The van der Waals surface area contributed by atoms with Crippen LogP contribution in [0.5, 0.6) is 5.75 Å². The van der Waals surface area contributed by atoms with Crippen molar-refractivity contribution in [3.8, 4) is 5.75 Å². The van der Waals surface area contributed by atoms with E-state index in [-0.39, 0.29) is 17.8 Å². The van der Waals surface area contributed by atoms with Gasteiger partial charge < -0.3 is 9.84 Å². The van der Waals surface area contributed by atoms with Crippen LogP contribution < -0.4 is 4.74 Å². The Morgan fingerprint density at radius 3 is 2.62 bits per heavy atom. The van der Waals surface area contributed by atoms with Crippen LogP contribution in [0.3, 0.4) is 0 Å². The number of aryl methyl sites for hydroxylation is 2. The molecule has 6 heteroatoms. The zero-order valence-electron chi connectivity index (χ0n) is 21.2. The van der Waals surface area contributed by atoms with Crippen molar-refractivity contribution < 1.29 is 23.0 Å². The lowest BCUT2D eigenvalue weighted by molar-refractivity contribution is -0.153. The average molecular weight is 510 g/mol. The third kappa shape index (κ3) is 5.69. The molecule has 37 heavy (non-hydrogen) atoms. The number of aliphatic hydroxyl groups is 1. The minimum Gasteiger partial charge on any atom is -0.489 e. The molecule has 2 aliphatic rings. The third-order valence-corrected chi connectivity index (χ3v) is 8.57. The molecule has 0 saturated heterocycles. The van der Waals surface area contributed by atoms with E-state index in [1.807, 2.05) is 43.3 Å². The minimum absolute atomic E-state index is 0.122. The molecule has 1 aromatic heterocycles. The highest BCUT2D eigenvalue weighted by Crippen LogP contribution is 2.55. The van der Waals surface area contributed by atoms with Crippen molar-refractivity contribution in [2.24, 2.45) is 5.92 Å². The number of aromatic nitrogens is 1. The van der Waals surface area contributed by atoms with Crippen molar-refractivity contribution in [2.45, 2.75) is 82.1 Å². The number of halogens is 3. The monoisotopic (exact) mass is 509 g/mol. The van der Waals surface area contributed by atoms with Gasteiger partial charge in [-0.2, -0.15) is 13.2 Å². The van der Waals surface area contributed by atoms with Gasteiger partial charge in [-0.05, 0) is 92.7 Å². The van der Waals surface area contributed by atoms with Gasteiger partial charge in [0.15, 0.2) is 0 Å². The van der Waals surface area contributed by atoms with Crippen molar-refractivity contribution in [1.29, 1.82) is 0 Å². The first kappa shape index (κ1) is 25.8. The summed E-state index contributed by atoms with van der Waals surface area (Å²) >= 11 is 0. The Kier molecular flexibility index (Phi) is 7.06. The number of nitrogens with zero attached hydrogens (tertiary/aromatic N) is 1. The van der Waals surface area contributed by atoms with Crippen molar-refractivity contribution in [3.05, 3.63) is 94.8 Å². The summed E-state index contributed by atoms with van der Waals surface area (Å²) in [7, 11) is 0. The molecular weight excluding hydrogens is 475 g/mol. The molecule has 0 amide bonds. The van der Waals surface area contributed by atoms with Crippen molar-refractivity contribution >= 4 is 0 Å². The molecule has 0 radical (unpaired) electrons. The predicted octanol–water partition coefficient (Wildman–Crippen LogP) is 7.27. The highest BCUT2D eigenvalue weighted by Gasteiger charge is 2.52. The molecule has 5 rings (SSSR count).